The summed E-state index contributed by atoms with van der Waals surface area (Å²) in [6, 6.07) is 11.2. The Morgan fingerprint density at radius 3 is 2.52 bits per heavy atom. The molecule has 2 rings (SSSR count). The van der Waals surface area contributed by atoms with Gasteiger partial charge in [0.1, 0.15) is 12.4 Å². The van der Waals surface area contributed by atoms with E-state index < -0.39 is 40.9 Å². The Morgan fingerprint density at radius 1 is 1.17 bits per heavy atom. The van der Waals surface area contributed by atoms with Crippen molar-refractivity contribution < 1.29 is 27.1 Å². The molecule has 2 N–H and O–H groups in total. The number of carbonyl (C=O) groups excluding carboxylic acids is 2. The summed E-state index contributed by atoms with van der Waals surface area (Å²) >= 11 is 3.09. The van der Waals surface area contributed by atoms with Crippen LogP contribution >= 0.6 is 15.9 Å². The maximum Gasteiger partial charge on any atom is 0.321 e. The van der Waals surface area contributed by atoms with Crippen LogP contribution < -0.4 is 10.0 Å². The topological polar surface area (TPSA) is 102 Å². The van der Waals surface area contributed by atoms with Gasteiger partial charge in [-0.2, -0.15) is 0 Å². The fourth-order valence-corrected chi connectivity index (χ4v) is 3.11. The first kappa shape index (κ1) is 22.7. The smallest absolute Gasteiger partial charge is 0.321 e. The van der Waals surface area contributed by atoms with Gasteiger partial charge in [0.15, 0.2) is 6.61 Å². The number of sulfonamides is 1. The number of esters is 1. The number of hydrogen-bond donors (Lipinski definition) is 2. The van der Waals surface area contributed by atoms with Gasteiger partial charge in [-0.3, -0.25) is 9.59 Å². The van der Waals surface area contributed by atoms with Crippen LogP contribution in [0.1, 0.15) is 11.1 Å². The second kappa shape index (κ2) is 10.3. The Morgan fingerprint density at radius 2 is 1.86 bits per heavy atom. The SMILES string of the molecule is Cc1ccc(/C=C/S(=O)(=O)NCC(=O)OCC(=O)Nc2ccc(Br)cc2F)cc1. The maximum atomic E-state index is 13.6. The maximum absolute atomic E-state index is 13.6. The minimum absolute atomic E-state index is 0.0730. The van der Waals surface area contributed by atoms with Crippen molar-refractivity contribution >= 4 is 49.6 Å². The van der Waals surface area contributed by atoms with E-state index in [2.05, 4.69) is 26.0 Å². The molecule has 154 valence electrons. The molecule has 0 heterocycles. The zero-order chi connectivity index (χ0) is 21.4. The molecule has 0 fully saturated rings. The van der Waals surface area contributed by atoms with Gasteiger partial charge >= 0.3 is 5.97 Å². The van der Waals surface area contributed by atoms with Gasteiger partial charge in [0, 0.05) is 9.88 Å². The van der Waals surface area contributed by atoms with E-state index in [0.717, 1.165) is 11.0 Å². The molecule has 0 aliphatic heterocycles. The number of nitrogens with one attached hydrogen (secondary N) is 2. The average molecular weight is 485 g/mol. The first-order valence-electron chi connectivity index (χ1n) is 8.29. The van der Waals surface area contributed by atoms with Gasteiger partial charge in [-0.15, -0.1) is 0 Å². The van der Waals surface area contributed by atoms with Gasteiger partial charge in [-0.25, -0.2) is 17.5 Å². The lowest BCUT2D eigenvalue weighted by Gasteiger charge is -2.08. The van der Waals surface area contributed by atoms with Crippen LogP contribution in [-0.2, 0) is 24.3 Å². The molecule has 0 spiro atoms. The predicted molar refractivity (Wildman–Crippen MR) is 111 cm³/mol. The van der Waals surface area contributed by atoms with Gasteiger partial charge in [-0.05, 0) is 36.8 Å². The minimum atomic E-state index is -3.87. The molecule has 0 unspecified atom stereocenters. The highest BCUT2D eigenvalue weighted by molar-refractivity contribution is 9.10. The summed E-state index contributed by atoms with van der Waals surface area (Å²) in [5.41, 5.74) is 1.65. The molecule has 2 aromatic rings. The van der Waals surface area contributed by atoms with Crippen molar-refractivity contribution in [2.45, 2.75) is 6.92 Å². The van der Waals surface area contributed by atoms with E-state index in [1.54, 1.807) is 12.1 Å². The van der Waals surface area contributed by atoms with Crippen molar-refractivity contribution in [3.8, 4) is 0 Å². The summed E-state index contributed by atoms with van der Waals surface area (Å²) in [5, 5.41) is 3.17. The third-order valence-corrected chi connectivity index (χ3v) is 5.04. The third kappa shape index (κ3) is 8.14. The van der Waals surface area contributed by atoms with E-state index in [0.29, 0.717) is 10.0 Å². The normalized spacial score (nSPS) is 11.4. The molecule has 7 nitrogen and oxygen atoms in total. The molecule has 0 aliphatic carbocycles. The van der Waals surface area contributed by atoms with Crippen LogP contribution in [-0.4, -0.2) is 33.4 Å². The van der Waals surface area contributed by atoms with Gasteiger partial charge in [0.2, 0.25) is 10.0 Å². The largest absolute Gasteiger partial charge is 0.455 e. The third-order valence-electron chi connectivity index (χ3n) is 3.50. The lowest BCUT2D eigenvalue weighted by molar-refractivity contribution is -0.146. The molecule has 10 heteroatoms. The number of halogens is 2. The molecular weight excluding hydrogens is 467 g/mol. The summed E-state index contributed by atoms with van der Waals surface area (Å²) < 4.78 is 44.6. The highest BCUT2D eigenvalue weighted by Gasteiger charge is 2.13. The van der Waals surface area contributed by atoms with E-state index in [-0.39, 0.29) is 5.69 Å². The van der Waals surface area contributed by atoms with Crippen molar-refractivity contribution in [1.82, 2.24) is 4.72 Å². The van der Waals surface area contributed by atoms with Crippen molar-refractivity contribution in [2.75, 3.05) is 18.5 Å². The van der Waals surface area contributed by atoms with E-state index >= 15 is 0 Å². The van der Waals surface area contributed by atoms with Crippen LogP contribution in [0.5, 0.6) is 0 Å². The van der Waals surface area contributed by atoms with Gasteiger partial charge in [-0.1, -0.05) is 45.8 Å². The monoisotopic (exact) mass is 484 g/mol. The first-order valence-corrected chi connectivity index (χ1v) is 10.6. The molecule has 0 radical (unpaired) electrons. The van der Waals surface area contributed by atoms with Crippen LogP contribution in [0.3, 0.4) is 0 Å². The molecule has 0 aliphatic rings. The van der Waals surface area contributed by atoms with Crippen molar-refractivity contribution in [3.63, 3.8) is 0 Å². The second-order valence-electron chi connectivity index (χ2n) is 5.91. The molecule has 0 atom stereocenters. The van der Waals surface area contributed by atoms with Crippen LogP contribution in [0.25, 0.3) is 6.08 Å². The molecule has 29 heavy (non-hydrogen) atoms. The van der Waals surface area contributed by atoms with Crippen molar-refractivity contribution in [3.05, 3.63) is 69.3 Å². The second-order valence-corrected chi connectivity index (χ2v) is 8.48. The first-order chi connectivity index (χ1) is 13.6. The summed E-state index contributed by atoms with van der Waals surface area (Å²) in [6.07, 6.45) is 1.38. The lowest BCUT2D eigenvalue weighted by Crippen LogP contribution is -2.31. The number of hydrogen-bond acceptors (Lipinski definition) is 5. The molecule has 2 aromatic carbocycles. The quantitative estimate of drug-likeness (QED) is 0.560. The van der Waals surface area contributed by atoms with Gasteiger partial charge < -0.3 is 10.1 Å². The standard InChI is InChI=1S/C19H18BrFN2O5S/c1-13-2-4-14(5-3-13)8-9-29(26,27)22-11-19(25)28-12-18(24)23-17-7-6-15(20)10-16(17)21/h2-10,22H,11-12H2,1H3,(H,23,24)/b9-8+. The van der Waals surface area contributed by atoms with E-state index in [1.807, 2.05) is 23.8 Å². The fourth-order valence-electron chi connectivity index (χ4n) is 2.03. The number of ether oxygens (including phenoxy) is 1. The summed E-state index contributed by atoms with van der Waals surface area (Å²) in [4.78, 5) is 23.4. The molecule has 0 aromatic heterocycles. The average Bonchev–Trinajstić information content (AvgIpc) is 2.67. The molecule has 1 amide bonds. The molecule has 0 saturated heterocycles. The molecule has 0 saturated carbocycles. The van der Waals surface area contributed by atoms with Crippen molar-refractivity contribution in [2.24, 2.45) is 0 Å². The van der Waals surface area contributed by atoms with Crippen LogP contribution in [0.15, 0.2) is 52.3 Å². The zero-order valence-corrected chi connectivity index (χ0v) is 17.7. The van der Waals surface area contributed by atoms with Crippen molar-refractivity contribution in [1.29, 1.82) is 0 Å². The summed E-state index contributed by atoms with van der Waals surface area (Å²) in [6.45, 7) is 0.572. The van der Waals surface area contributed by atoms with Crippen LogP contribution in [0, 0.1) is 12.7 Å². The Hall–Kier alpha value is -2.56. The number of rotatable bonds is 8. The van der Waals surface area contributed by atoms with E-state index in [9.17, 15) is 22.4 Å². The Labute approximate surface area is 176 Å². The van der Waals surface area contributed by atoms with Crippen LogP contribution in [0.2, 0.25) is 0 Å². The summed E-state index contributed by atoms with van der Waals surface area (Å²) in [5.74, 6) is -2.38. The number of carbonyl (C=O) groups is 2. The Balaban J connectivity index is 1.78. The van der Waals surface area contributed by atoms with E-state index in [1.165, 1.54) is 24.3 Å². The molecule has 0 bridgehead atoms. The summed E-state index contributed by atoms with van der Waals surface area (Å²) in [7, 11) is -3.87. The Bertz CT molecular complexity index is 1020. The van der Waals surface area contributed by atoms with Gasteiger partial charge in [0.05, 0.1) is 5.69 Å². The number of benzene rings is 2. The fraction of sp³-hybridized carbons (Fsp3) is 0.158. The minimum Gasteiger partial charge on any atom is -0.455 e. The Kier molecular flexibility index (Phi) is 8.06. The van der Waals surface area contributed by atoms with Crippen LogP contribution in [0.4, 0.5) is 10.1 Å². The highest BCUT2D eigenvalue weighted by atomic mass is 79.9. The number of amides is 1. The van der Waals surface area contributed by atoms with Gasteiger partial charge in [0.25, 0.3) is 5.91 Å². The van der Waals surface area contributed by atoms with E-state index in [4.69, 9.17) is 0 Å². The lowest BCUT2D eigenvalue weighted by atomic mass is 10.2. The zero-order valence-electron chi connectivity index (χ0n) is 15.3. The predicted octanol–water partition coefficient (Wildman–Crippen LogP) is 2.97. The highest BCUT2D eigenvalue weighted by Crippen LogP contribution is 2.19. The number of aryl methyl sites for hydroxylation is 1. The molecular formula is C19H18BrFN2O5S. The number of anilines is 1.